The number of thioether (sulfide) groups is 1. The van der Waals surface area contributed by atoms with Gasteiger partial charge in [0.2, 0.25) is 6.79 Å². The molecule has 0 aliphatic carbocycles. The van der Waals surface area contributed by atoms with Gasteiger partial charge in [-0.15, -0.1) is 0 Å². The number of ether oxygens (including phenoxy) is 2. The standard InChI is InChI=1S/C12H14N2O2S/c1-4-13-12(17-5-1)14-7-9-2-3-10-11(6-9)16-8-15-10/h2-3,6H,1,4-5,7-8H2,(H,13,14). The van der Waals surface area contributed by atoms with Crippen LogP contribution in [0.1, 0.15) is 12.0 Å². The Kier molecular flexibility index (Phi) is 3.09. The Bertz CT molecular complexity index is 448. The van der Waals surface area contributed by atoms with Crippen LogP contribution in [-0.4, -0.2) is 24.3 Å². The van der Waals surface area contributed by atoms with Crippen LogP contribution in [0, 0.1) is 0 Å². The first-order chi connectivity index (χ1) is 8.42. The molecule has 2 heterocycles. The summed E-state index contributed by atoms with van der Waals surface area (Å²) in [6, 6.07) is 6.02. The van der Waals surface area contributed by atoms with Crippen LogP contribution in [0.2, 0.25) is 0 Å². The maximum Gasteiger partial charge on any atom is 0.231 e. The Morgan fingerprint density at radius 3 is 3.12 bits per heavy atom. The van der Waals surface area contributed by atoms with Crippen molar-refractivity contribution in [3.05, 3.63) is 23.8 Å². The molecule has 0 saturated heterocycles. The van der Waals surface area contributed by atoms with Crippen molar-refractivity contribution >= 4 is 16.9 Å². The fourth-order valence-electron chi connectivity index (χ4n) is 1.80. The number of rotatable bonds is 2. The lowest BCUT2D eigenvalue weighted by Gasteiger charge is -2.13. The zero-order valence-electron chi connectivity index (χ0n) is 9.44. The van der Waals surface area contributed by atoms with Gasteiger partial charge in [0.1, 0.15) is 0 Å². The third-order valence-electron chi connectivity index (χ3n) is 2.68. The zero-order chi connectivity index (χ0) is 11.5. The van der Waals surface area contributed by atoms with Gasteiger partial charge in [-0.2, -0.15) is 0 Å². The number of amidine groups is 1. The summed E-state index contributed by atoms with van der Waals surface area (Å²) in [6.07, 6.45) is 1.18. The molecule has 4 nitrogen and oxygen atoms in total. The lowest BCUT2D eigenvalue weighted by molar-refractivity contribution is 0.174. The summed E-state index contributed by atoms with van der Waals surface area (Å²) in [7, 11) is 0. The Hall–Kier alpha value is -1.36. The summed E-state index contributed by atoms with van der Waals surface area (Å²) < 4.78 is 10.6. The van der Waals surface area contributed by atoms with Gasteiger partial charge < -0.3 is 14.8 Å². The van der Waals surface area contributed by atoms with Crippen molar-refractivity contribution in [1.29, 1.82) is 0 Å². The number of hydrogen-bond acceptors (Lipinski definition) is 5. The van der Waals surface area contributed by atoms with Gasteiger partial charge in [0.15, 0.2) is 16.7 Å². The first-order valence-electron chi connectivity index (χ1n) is 5.71. The van der Waals surface area contributed by atoms with Crippen molar-refractivity contribution in [3.63, 3.8) is 0 Å². The summed E-state index contributed by atoms with van der Waals surface area (Å²) in [5, 5.41) is 4.40. The van der Waals surface area contributed by atoms with Gasteiger partial charge in [0.05, 0.1) is 0 Å². The molecule has 2 aliphatic heterocycles. The van der Waals surface area contributed by atoms with Gasteiger partial charge in [-0.25, -0.2) is 0 Å². The van der Waals surface area contributed by atoms with E-state index >= 15 is 0 Å². The second-order valence-corrected chi connectivity index (χ2v) is 5.01. The van der Waals surface area contributed by atoms with Crippen molar-refractivity contribution in [2.75, 3.05) is 19.1 Å². The minimum Gasteiger partial charge on any atom is -0.454 e. The maximum atomic E-state index is 5.35. The number of nitrogens with one attached hydrogen (secondary N) is 1. The molecular formula is C12H14N2O2S. The van der Waals surface area contributed by atoms with Crippen LogP contribution in [0.4, 0.5) is 0 Å². The summed E-state index contributed by atoms with van der Waals surface area (Å²) in [6.45, 7) is 2.05. The number of benzene rings is 1. The molecule has 0 unspecified atom stereocenters. The fourth-order valence-corrected chi connectivity index (χ4v) is 2.62. The van der Waals surface area contributed by atoms with Gasteiger partial charge in [-0.3, -0.25) is 4.99 Å². The summed E-state index contributed by atoms with van der Waals surface area (Å²) in [5.74, 6) is 2.83. The average molecular weight is 250 g/mol. The third kappa shape index (κ3) is 2.49. The fraction of sp³-hybridized carbons (Fsp3) is 0.417. The van der Waals surface area contributed by atoms with Crippen LogP contribution in [0.25, 0.3) is 0 Å². The molecule has 90 valence electrons. The summed E-state index contributed by atoms with van der Waals surface area (Å²) in [5.41, 5.74) is 1.18. The highest BCUT2D eigenvalue weighted by Crippen LogP contribution is 2.32. The molecule has 0 atom stereocenters. The van der Waals surface area contributed by atoms with Crippen LogP contribution >= 0.6 is 11.8 Å². The van der Waals surface area contributed by atoms with Crippen LogP contribution in [0.5, 0.6) is 11.5 Å². The number of nitrogens with zero attached hydrogens (tertiary/aromatic N) is 1. The van der Waals surface area contributed by atoms with E-state index in [4.69, 9.17) is 9.47 Å². The van der Waals surface area contributed by atoms with Crippen LogP contribution in [0.3, 0.4) is 0 Å². The normalized spacial score (nSPS) is 17.8. The Morgan fingerprint density at radius 2 is 2.24 bits per heavy atom. The Labute approximate surface area is 104 Å². The van der Waals surface area contributed by atoms with Crippen molar-refractivity contribution in [2.45, 2.75) is 13.0 Å². The molecule has 0 radical (unpaired) electrons. The van der Waals surface area contributed by atoms with E-state index < -0.39 is 0 Å². The maximum absolute atomic E-state index is 5.35. The van der Waals surface area contributed by atoms with E-state index in [0.29, 0.717) is 6.79 Å². The number of aliphatic imine (C=N–C) groups is 1. The first kappa shape index (κ1) is 10.8. The second-order valence-electron chi connectivity index (χ2n) is 3.93. The molecule has 0 spiro atoms. The molecule has 1 N–H and O–H groups in total. The van der Waals surface area contributed by atoms with E-state index in [1.165, 1.54) is 12.0 Å². The van der Waals surface area contributed by atoms with E-state index in [9.17, 15) is 0 Å². The van der Waals surface area contributed by atoms with E-state index in [1.54, 1.807) is 11.8 Å². The molecule has 0 saturated carbocycles. The molecule has 3 rings (SSSR count). The zero-order valence-corrected chi connectivity index (χ0v) is 10.3. The van der Waals surface area contributed by atoms with Crippen molar-refractivity contribution in [3.8, 4) is 11.5 Å². The Morgan fingerprint density at radius 1 is 1.29 bits per heavy atom. The van der Waals surface area contributed by atoms with Crippen molar-refractivity contribution < 1.29 is 9.47 Å². The van der Waals surface area contributed by atoms with Crippen LogP contribution < -0.4 is 14.8 Å². The molecule has 0 fully saturated rings. The minimum atomic E-state index is 0.328. The monoisotopic (exact) mass is 250 g/mol. The highest BCUT2D eigenvalue weighted by molar-refractivity contribution is 8.13. The van der Waals surface area contributed by atoms with Crippen LogP contribution in [-0.2, 0) is 6.54 Å². The van der Waals surface area contributed by atoms with Gasteiger partial charge >= 0.3 is 0 Å². The molecule has 2 aliphatic rings. The molecule has 17 heavy (non-hydrogen) atoms. The predicted molar refractivity (Wildman–Crippen MR) is 68.8 cm³/mol. The summed E-state index contributed by atoms with van der Waals surface area (Å²) in [4.78, 5) is 4.43. The van der Waals surface area contributed by atoms with Gasteiger partial charge in [-0.05, 0) is 24.1 Å². The lowest BCUT2D eigenvalue weighted by atomic mass is 10.2. The van der Waals surface area contributed by atoms with Crippen molar-refractivity contribution in [1.82, 2.24) is 5.32 Å². The number of hydrogen-bond donors (Lipinski definition) is 1. The summed E-state index contributed by atoms with van der Waals surface area (Å²) >= 11 is 1.79. The van der Waals surface area contributed by atoms with E-state index in [1.807, 2.05) is 12.1 Å². The molecule has 0 aromatic heterocycles. The predicted octanol–water partition coefficient (Wildman–Crippen LogP) is 2.00. The lowest BCUT2D eigenvalue weighted by Crippen LogP contribution is -2.22. The molecule has 1 aromatic rings. The van der Waals surface area contributed by atoms with Crippen LogP contribution in [0.15, 0.2) is 23.2 Å². The SMILES string of the molecule is c1cc2c(cc1CNC1=NCCCS1)OCO2. The minimum absolute atomic E-state index is 0.328. The smallest absolute Gasteiger partial charge is 0.231 e. The molecule has 5 heteroatoms. The molecule has 0 bridgehead atoms. The highest BCUT2D eigenvalue weighted by atomic mass is 32.2. The third-order valence-corrected chi connectivity index (χ3v) is 3.72. The van der Waals surface area contributed by atoms with E-state index in [2.05, 4.69) is 16.4 Å². The Balaban J connectivity index is 1.63. The van der Waals surface area contributed by atoms with Gasteiger partial charge in [0, 0.05) is 18.8 Å². The van der Waals surface area contributed by atoms with E-state index in [0.717, 1.165) is 35.5 Å². The van der Waals surface area contributed by atoms with Gasteiger partial charge in [0.25, 0.3) is 0 Å². The van der Waals surface area contributed by atoms with Gasteiger partial charge in [-0.1, -0.05) is 17.8 Å². The molecular weight excluding hydrogens is 236 g/mol. The quantitative estimate of drug-likeness (QED) is 0.871. The topological polar surface area (TPSA) is 42.9 Å². The largest absolute Gasteiger partial charge is 0.454 e. The van der Waals surface area contributed by atoms with E-state index in [-0.39, 0.29) is 0 Å². The second kappa shape index (κ2) is 4.87. The average Bonchev–Trinajstić information content (AvgIpc) is 2.85. The molecule has 0 amide bonds. The van der Waals surface area contributed by atoms with Crippen molar-refractivity contribution in [2.24, 2.45) is 4.99 Å². The molecule has 1 aromatic carbocycles. The number of fused-ring (bicyclic) bond motifs is 1. The first-order valence-corrected chi connectivity index (χ1v) is 6.70. The highest BCUT2D eigenvalue weighted by Gasteiger charge is 2.13.